The van der Waals surface area contributed by atoms with Gasteiger partial charge in [-0.05, 0) is 43.4 Å². The van der Waals surface area contributed by atoms with E-state index in [2.05, 4.69) is 10.0 Å². The van der Waals surface area contributed by atoms with Crippen LogP contribution >= 0.6 is 0 Å². The SMILES string of the molecule is CC(C)C[C@H](N)C(=O)Nc1ccc(F)c(S(=O)(=O)NC2CC2)c1. The molecule has 6 nitrogen and oxygen atoms in total. The van der Waals surface area contributed by atoms with Crippen LogP contribution in [0.4, 0.5) is 10.1 Å². The predicted octanol–water partition coefficient (Wildman–Crippen LogP) is 1.58. The molecule has 1 aromatic rings. The number of rotatable bonds is 7. The highest BCUT2D eigenvalue weighted by atomic mass is 32.2. The van der Waals surface area contributed by atoms with Gasteiger partial charge in [-0.2, -0.15) is 0 Å². The summed E-state index contributed by atoms with van der Waals surface area (Å²) in [6, 6.07) is 2.61. The van der Waals surface area contributed by atoms with Gasteiger partial charge in [0.25, 0.3) is 0 Å². The summed E-state index contributed by atoms with van der Waals surface area (Å²) >= 11 is 0. The normalized spacial score (nSPS) is 16.4. The van der Waals surface area contributed by atoms with Gasteiger partial charge in [-0.3, -0.25) is 4.79 Å². The molecule has 1 saturated carbocycles. The number of sulfonamides is 1. The first-order valence-corrected chi connectivity index (χ1v) is 9.05. The Labute approximate surface area is 135 Å². The molecule has 1 atom stereocenters. The predicted molar refractivity (Wildman–Crippen MR) is 85.8 cm³/mol. The Balaban J connectivity index is 2.15. The summed E-state index contributed by atoms with van der Waals surface area (Å²) < 4.78 is 40.5. The first-order valence-electron chi connectivity index (χ1n) is 7.57. The Hall–Kier alpha value is -1.51. The van der Waals surface area contributed by atoms with Crippen molar-refractivity contribution in [1.82, 2.24) is 4.72 Å². The van der Waals surface area contributed by atoms with Gasteiger partial charge >= 0.3 is 0 Å². The number of carbonyl (C=O) groups excluding carboxylic acids is 1. The van der Waals surface area contributed by atoms with E-state index in [1.807, 2.05) is 13.8 Å². The van der Waals surface area contributed by atoms with Crippen molar-refractivity contribution < 1.29 is 17.6 Å². The molecule has 0 spiro atoms. The fourth-order valence-electron chi connectivity index (χ4n) is 2.12. The minimum atomic E-state index is -3.93. The van der Waals surface area contributed by atoms with Gasteiger partial charge < -0.3 is 11.1 Å². The first kappa shape index (κ1) is 17.8. The molecule has 1 aliphatic carbocycles. The lowest BCUT2D eigenvalue weighted by molar-refractivity contribution is -0.117. The molecule has 4 N–H and O–H groups in total. The third kappa shape index (κ3) is 4.98. The molecule has 0 aliphatic heterocycles. The van der Waals surface area contributed by atoms with Crippen LogP contribution in [-0.4, -0.2) is 26.4 Å². The summed E-state index contributed by atoms with van der Waals surface area (Å²) in [5.41, 5.74) is 5.98. The van der Waals surface area contributed by atoms with Crippen molar-refractivity contribution in [3.8, 4) is 0 Å². The highest BCUT2D eigenvalue weighted by molar-refractivity contribution is 7.89. The second-order valence-electron chi connectivity index (χ2n) is 6.27. The van der Waals surface area contributed by atoms with Crippen LogP contribution in [0.3, 0.4) is 0 Å². The summed E-state index contributed by atoms with van der Waals surface area (Å²) in [4.78, 5) is 11.5. The Morgan fingerprint density at radius 2 is 2.04 bits per heavy atom. The van der Waals surface area contributed by atoms with E-state index >= 15 is 0 Å². The molecule has 1 aliphatic rings. The number of carbonyl (C=O) groups is 1. The standard InChI is InChI=1S/C15H22FN3O3S/c1-9(2)7-13(17)15(20)18-11-5-6-12(16)14(8-11)23(21,22)19-10-3-4-10/h5-6,8-10,13,19H,3-4,7,17H2,1-2H3,(H,18,20)/t13-/m0/s1. The first-order chi connectivity index (χ1) is 10.7. The van der Waals surface area contributed by atoms with E-state index in [0.717, 1.165) is 25.0 Å². The van der Waals surface area contributed by atoms with Gasteiger partial charge in [-0.15, -0.1) is 0 Å². The lowest BCUT2D eigenvalue weighted by Crippen LogP contribution is -2.36. The lowest BCUT2D eigenvalue weighted by Gasteiger charge is -2.15. The maximum Gasteiger partial charge on any atom is 0.243 e. The second-order valence-corrected chi connectivity index (χ2v) is 7.95. The average Bonchev–Trinajstić information content (AvgIpc) is 3.23. The zero-order valence-electron chi connectivity index (χ0n) is 13.2. The molecule has 0 radical (unpaired) electrons. The van der Waals surface area contributed by atoms with Gasteiger partial charge in [0.1, 0.15) is 10.7 Å². The van der Waals surface area contributed by atoms with Crippen LogP contribution in [0.25, 0.3) is 0 Å². The van der Waals surface area contributed by atoms with Gasteiger partial charge in [0, 0.05) is 11.7 Å². The van der Waals surface area contributed by atoms with Crippen LogP contribution < -0.4 is 15.8 Å². The maximum atomic E-state index is 13.8. The fourth-order valence-corrected chi connectivity index (χ4v) is 3.53. The van der Waals surface area contributed by atoms with Crippen molar-refractivity contribution >= 4 is 21.6 Å². The van der Waals surface area contributed by atoms with E-state index in [0.29, 0.717) is 6.42 Å². The summed E-state index contributed by atoms with van der Waals surface area (Å²) in [5, 5.41) is 2.53. The Bertz CT molecular complexity index is 687. The van der Waals surface area contributed by atoms with Crippen LogP contribution in [0.1, 0.15) is 33.1 Å². The number of hydrogen-bond donors (Lipinski definition) is 3. The number of benzene rings is 1. The zero-order valence-corrected chi connectivity index (χ0v) is 14.0. The van der Waals surface area contributed by atoms with E-state index in [9.17, 15) is 17.6 Å². The molecule has 0 heterocycles. The molecule has 1 aromatic carbocycles. The highest BCUT2D eigenvalue weighted by Gasteiger charge is 2.30. The topological polar surface area (TPSA) is 101 Å². The average molecular weight is 343 g/mol. The molecule has 0 bridgehead atoms. The molecule has 0 unspecified atom stereocenters. The molecular weight excluding hydrogens is 321 g/mol. The van der Waals surface area contributed by atoms with Crippen LogP contribution in [0.15, 0.2) is 23.1 Å². The summed E-state index contributed by atoms with van der Waals surface area (Å²) in [6.07, 6.45) is 2.00. The van der Waals surface area contributed by atoms with Crippen LogP contribution in [-0.2, 0) is 14.8 Å². The molecule has 128 valence electrons. The van der Waals surface area contributed by atoms with E-state index in [1.165, 1.54) is 6.07 Å². The quantitative estimate of drug-likeness (QED) is 0.699. The third-order valence-electron chi connectivity index (χ3n) is 3.45. The largest absolute Gasteiger partial charge is 0.325 e. The minimum absolute atomic E-state index is 0.128. The Morgan fingerprint density at radius 3 is 2.61 bits per heavy atom. The number of amides is 1. The van der Waals surface area contributed by atoms with Crippen molar-refractivity contribution in [3.63, 3.8) is 0 Å². The summed E-state index contributed by atoms with van der Waals surface area (Å²) in [7, 11) is -3.93. The second kappa shape index (κ2) is 6.94. The molecule has 8 heteroatoms. The lowest BCUT2D eigenvalue weighted by atomic mass is 10.0. The minimum Gasteiger partial charge on any atom is -0.325 e. The van der Waals surface area contributed by atoms with Crippen molar-refractivity contribution in [3.05, 3.63) is 24.0 Å². The number of halogens is 1. The summed E-state index contributed by atoms with van der Waals surface area (Å²) in [5.74, 6) is -1.03. The summed E-state index contributed by atoms with van der Waals surface area (Å²) in [6.45, 7) is 3.89. The van der Waals surface area contributed by atoms with E-state index in [1.54, 1.807) is 0 Å². The molecule has 0 saturated heterocycles. The number of nitrogens with two attached hydrogens (primary N) is 1. The highest BCUT2D eigenvalue weighted by Crippen LogP contribution is 2.25. The fraction of sp³-hybridized carbons (Fsp3) is 0.533. The van der Waals surface area contributed by atoms with Crippen molar-refractivity contribution in [2.24, 2.45) is 11.7 Å². The van der Waals surface area contributed by atoms with Crippen molar-refractivity contribution in [2.75, 3.05) is 5.32 Å². The van der Waals surface area contributed by atoms with E-state index < -0.39 is 32.7 Å². The van der Waals surface area contributed by atoms with Gasteiger partial charge in [-0.25, -0.2) is 17.5 Å². The maximum absolute atomic E-state index is 13.8. The van der Waals surface area contributed by atoms with E-state index in [4.69, 9.17) is 5.73 Å². The van der Waals surface area contributed by atoms with Crippen molar-refractivity contribution in [1.29, 1.82) is 0 Å². The van der Waals surface area contributed by atoms with Crippen LogP contribution in [0.2, 0.25) is 0 Å². The van der Waals surface area contributed by atoms with Crippen molar-refractivity contribution in [2.45, 2.75) is 50.1 Å². The number of hydrogen-bond acceptors (Lipinski definition) is 4. The number of anilines is 1. The van der Waals surface area contributed by atoms with Gasteiger partial charge in [0.2, 0.25) is 15.9 Å². The third-order valence-corrected chi connectivity index (χ3v) is 4.99. The molecule has 2 rings (SSSR count). The molecular formula is C15H22FN3O3S. The molecule has 1 fully saturated rings. The molecule has 0 aromatic heterocycles. The zero-order chi connectivity index (χ0) is 17.2. The monoisotopic (exact) mass is 343 g/mol. The number of nitrogens with one attached hydrogen (secondary N) is 2. The van der Waals surface area contributed by atoms with Crippen LogP contribution in [0.5, 0.6) is 0 Å². The smallest absolute Gasteiger partial charge is 0.243 e. The molecule has 23 heavy (non-hydrogen) atoms. The van der Waals surface area contributed by atoms with Crippen LogP contribution in [0, 0.1) is 11.7 Å². The Kier molecular flexibility index (Phi) is 5.38. The molecule has 1 amide bonds. The van der Waals surface area contributed by atoms with Gasteiger partial charge in [-0.1, -0.05) is 13.8 Å². The van der Waals surface area contributed by atoms with Gasteiger partial charge in [0.15, 0.2) is 0 Å². The van der Waals surface area contributed by atoms with E-state index in [-0.39, 0.29) is 17.6 Å². The van der Waals surface area contributed by atoms with Gasteiger partial charge in [0.05, 0.1) is 6.04 Å². The Morgan fingerprint density at radius 1 is 1.39 bits per heavy atom.